The molecule has 9 nitrogen and oxygen atoms in total. The van der Waals surface area contributed by atoms with Crippen molar-refractivity contribution in [3.05, 3.63) is 24.3 Å². The molecule has 0 bridgehead atoms. The van der Waals surface area contributed by atoms with Gasteiger partial charge in [-0.3, -0.25) is 0 Å². The van der Waals surface area contributed by atoms with Gasteiger partial charge in [0, 0.05) is 24.7 Å². The monoisotopic (exact) mass is 364 g/mol. The molecule has 1 fully saturated rings. The number of primary sulfonamides is 1. The van der Waals surface area contributed by atoms with E-state index in [-0.39, 0.29) is 11.7 Å². The second-order valence-corrected chi connectivity index (χ2v) is 8.25. The Morgan fingerprint density at radius 1 is 1.52 bits per heavy atom. The summed E-state index contributed by atoms with van der Waals surface area (Å²) in [5.74, 6) is 0.431. The quantitative estimate of drug-likeness (QED) is 0.607. The van der Waals surface area contributed by atoms with Gasteiger partial charge in [0.15, 0.2) is 5.82 Å². The van der Waals surface area contributed by atoms with Gasteiger partial charge in [0.05, 0.1) is 11.9 Å². The van der Waals surface area contributed by atoms with E-state index in [0.29, 0.717) is 24.4 Å². The Hall–Kier alpha value is -2.17. The first-order valence-corrected chi connectivity index (χ1v) is 9.83. The van der Waals surface area contributed by atoms with E-state index in [2.05, 4.69) is 15.0 Å². The maximum Gasteiger partial charge on any atom is 0.209 e. The van der Waals surface area contributed by atoms with Crippen molar-refractivity contribution in [1.82, 2.24) is 19.6 Å². The van der Waals surface area contributed by atoms with Crippen LogP contribution in [0, 0.1) is 5.92 Å². The number of sulfonamides is 1. The fraction of sp³-hybridized carbons (Fsp3) is 0.467. The molecule has 0 spiro atoms. The second-order valence-electron chi connectivity index (χ2n) is 6.59. The van der Waals surface area contributed by atoms with Crippen molar-refractivity contribution in [3.8, 4) is 0 Å². The molecular weight excluding hydrogens is 344 g/mol. The number of aliphatic hydroxyl groups is 1. The average molecular weight is 364 g/mol. The predicted octanol–water partition coefficient (Wildman–Crippen LogP) is 0.212. The molecule has 3 aromatic heterocycles. The summed E-state index contributed by atoms with van der Waals surface area (Å²) in [6, 6.07) is 1.92. The number of aromatic nitrogens is 4. The zero-order chi connectivity index (χ0) is 17.8. The van der Waals surface area contributed by atoms with Crippen LogP contribution in [0.2, 0.25) is 0 Å². The highest BCUT2D eigenvalue weighted by Crippen LogP contribution is 2.29. The van der Waals surface area contributed by atoms with Crippen LogP contribution in [0.3, 0.4) is 0 Å². The van der Waals surface area contributed by atoms with E-state index in [9.17, 15) is 13.5 Å². The second kappa shape index (κ2) is 5.68. The zero-order valence-corrected chi connectivity index (χ0v) is 14.6. The molecule has 1 aliphatic heterocycles. The lowest BCUT2D eigenvalue weighted by Crippen LogP contribution is -2.35. The van der Waals surface area contributed by atoms with Crippen LogP contribution in [0.1, 0.15) is 25.3 Å². The van der Waals surface area contributed by atoms with Gasteiger partial charge in [0.1, 0.15) is 22.8 Å². The molecule has 4 N–H and O–H groups in total. The molecule has 1 saturated heterocycles. The third kappa shape index (κ3) is 2.86. The van der Waals surface area contributed by atoms with E-state index in [0.717, 1.165) is 23.0 Å². The Morgan fingerprint density at radius 3 is 3.04 bits per heavy atom. The number of aliphatic hydroxyl groups excluding tert-OH is 1. The molecule has 4 heterocycles. The summed E-state index contributed by atoms with van der Waals surface area (Å²) in [5.41, 5.74) is 2.29. The lowest BCUT2D eigenvalue weighted by atomic mass is 10.2. The molecule has 134 valence electrons. The van der Waals surface area contributed by atoms with E-state index in [1.54, 1.807) is 13.1 Å². The lowest BCUT2D eigenvalue weighted by molar-refractivity contribution is 0.184. The molecule has 1 unspecified atom stereocenters. The van der Waals surface area contributed by atoms with Crippen LogP contribution < -0.4 is 10.1 Å². The SMILES string of the molecule is C[C@@H](O)c1nc2cnc3[nH]ccc3c2n1N1CCC(CS(N)(=O)=O)C1. The predicted molar refractivity (Wildman–Crippen MR) is 94.1 cm³/mol. The number of rotatable bonds is 4. The minimum absolute atomic E-state index is 0.0404. The fourth-order valence-electron chi connectivity index (χ4n) is 3.59. The molecular formula is C15H20N6O3S. The van der Waals surface area contributed by atoms with E-state index in [4.69, 9.17) is 5.14 Å². The third-order valence-electron chi connectivity index (χ3n) is 4.59. The number of hydrogen-bond acceptors (Lipinski definition) is 6. The fourth-order valence-corrected chi connectivity index (χ4v) is 4.52. The molecule has 0 aromatic carbocycles. The largest absolute Gasteiger partial charge is 0.385 e. The van der Waals surface area contributed by atoms with Gasteiger partial charge >= 0.3 is 0 Å². The van der Waals surface area contributed by atoms with Crippen LogP contribution in [0.5, 0.6) is 0 Å². The van der Waals surface area contributed by atoms with Crippen molar-refractivity contribution in [2.45, 2.75) is 19.4 Å². The minimum atomic E-state index is -3.51. The molecule has 0 aliphatic carbocycles. The highest BCUT2D eigenvalue weighted by atomic mass is 32.2. The van der Waals surface area contributed by atoms with Crippen LogP contribution in [0.15, 0.2) is 18.5 Å². The molecule has 3 aromatic rings. The zero-order valence-electron chi connectivity index (χ0n) is 13.8. The smallest absolute Gasteiger partial charge is 0.209 e. The number of imidazole rings is 1. The molecule has 25 heavy (non-hydrogen) atoms. The molecule has 0 amide bonds. The van der Waals surface area contributed by atoms with Crippen molar-refractivity contribution in [2.75, 3.05) is 23.9 Å². The normalized spacial score (nSPS) is 20.0. The number of nitrogens with zero attached hydrogens (tertiary/aromatic N) is 4. The Bertz CT molecular complexity index is 1040. The molecule has 0 saturated carbocycles. The van der Waals surface area contributed by atoms with Crippen LogP contribution >= 0.6 is 0 Å². The van der Waals surface area contributed by atoms with Crippen molar-refractivity contribution in [3.63, 3.8) is 0 Å². The van der Waals surface area contributed by atoms with Crippen LogP contribution in [0.25, 0.3) is 22.1 Å². The van der Waals surface area contributed by atoms with Crippen molar-refractivity contribution < 1.29 is 13.5 Å². The number of nitrogens with one attached hydrogen (secondary N) is 1. The Labute approximate surface area is 144 Å². The number of pyridine rings is 1. The maximum absolute atomic E-state index is 11.4. The topological polar surface area (TPSA) is 130 Å². The Kier molecular flexibility index (Phi) is 3.71. The Morgan fingerprint density at radius 2 is 2.32 bits per heavy atom. The summed E-state index contributed by atoms with van der Waals surface area (Å²) in [4.78, 5) is 12.0. The van der Waals surface area contributed by atoms with Gasteiger partial charge in [-0.1, -0.05) is 0 Å². The number of aromatic amines is 1. The number of hydrogen-bond donors (Lipinski definition) is 3. The van der Waals surface area contributed by atoms with Crippen LogP contribution in [-0.2, 0) is 10.0 Å². The number of fused-ring (bicyclic) bond motifs is 3. The third-order valence-corrected chi connectivity index (χ3v) is 5.53. The first-order valence-electron chi connectivity index (χ1n) is 8.11. The summed E-state index contributed by atoms with van der Waals surface area (Å²) in [5, 5.41) is 18.3. The van der Waals surface area contributed by atoms with E-state index in [1.807, 2.05) is 21.9 Å². The summed E-state index contributed by atoms with van der Waals surface area (Å²) >= 11 is 0. The van der Waals surface area contributed by atoms with Gasteiger partial charge in [-0.15, -0.1) is 0 Å². The molecule has 4 rings (SSSR count). The average Bonchev–Trinajstić information content (AvgIpc) is 3.20. The molecule has 0 radical (unpaired) electrons. The van der Waals surface area contributed by atoms with Gasteiger partial charge in [-0.2, -0.15) is 0 Å². The van der Waals surface area contributed by atoms with Gasteiger partial charge in [0.25, 0.3) is 0 Å². The van der Waals surface area contributed by atoms with E-state index >= 15 is 0 Å². The number of nitrogens with two attached hydrogens (primary N) is 1. The van der Waals surface area contributed by atoms with E-state index in [1.165, 1.54) is 0 Å². The van der Waals surface area contributed by atoms with Gasteiger partial charge in [-0.05, 0) is 25.3 Å². The van der Waals surface area contributed by atoms with Crippen molar-refractivity contribution in [1.29, 1.82) is 0 Å². The summed E-state index contributed by atoms with van der Waals surface area (Å²) in [6.07, 6.45) is 3.44. The standard InChI is InChI=1S/C15H20N6O3S/c1-9(22)15-19-12-6-18-14-11(2-4-17-14)13(12)21(15)20-5-3-10(7-20)8-25(16,23)24/h2,4,6,9-10,22H,3,5,7-8H2,1H3,(H,17,18)(H2,16,23,24)/t9-,10?/m1/s1. The molecule has 1 aliphatic rings. The summed E-state index contributed by atoms with van der Waals surface area (Å²) in [7, 11) is -3.51. The number of H-pyrrole nitrogens is 1. The highest BCUT2D eigenvalue weighted by molar-refractivity contribution is 7.89. The Balaban J connectivity index is 1.83. The van der Waals surface area contributed by atoms with Gasteiger partial charge in [0.2, 0.25) is 10.0 Å². The highest BCUT2D eigenvalue weighted by Gasteiger charge is 2.30. The van der Waals surface area contributed by atoms with Crippen LogP contribution in [0.4, 0.5) is 0 Å². The van der Waals surface area contributed by atoms with Crippen LogP contribution in [-0.4, -0.2) is 52.0 Å². The maximum atomic E-state index is 11.4. The van der Waals surface area contributed by atoms with Gasteiger partial charge < -0.3 is 15.1 Å². The summed E-state index contributed by atoms with van der Waals surface area (Å²) < 4.78 is 24.7. The lowest BCUT2D eigenvalue weighted by Gasteiger charge is -2.24. The molecule has 10 heteroatoms. The first-order chi connectivity index (χ1) is 11.8. The van der Waals surface area contributed by atoms with Crippen molar-refractivity contribution >= 4 is 32.1 Å². The van der Waals surface area contributed by atoms with Gasteiger partial charge in [-0.25, -0.2) is 28.2 Å². The minimum Gasteiger partial charge on any atom is -0.385 e. The van der Waals surface area contributed by atoms with E-state index < -0.39 is 16.1 Å². The molecule has 2 atom stereocenters. The first kappa shape index (κ1) is 16.3. The van der Waals surface area contributed by atoms with Crippen molar-refractivity contribution in [2.24, 2.45) is 11.1 Å². The summed E-state index contributed by atoms with van der Waals surface area (Å²) in [6.45, 7) is 2.87.